The molecule has 0 amide bonds. The predicted molar refractivity (Wildman–Crippen MR) is 70.7 cm³/mol. The Hall–Kier alpha value is -0.610. The lowest BCUT2D eigenvalue weighted by Crippen LogP contribution is -2.35. The molecular formula is C12H19BrN2O. The van der Waals surface area contributed by atoms with E-state index in [2.05, 4.69) is 26.2 Å². The van der Waals surface area contributed by atoms with Crippen molar-refractivity contribution in [1.82, 2.24) is 4.98 Å². The second-order valence-electron chi connectivity index (χ2n) is 4.10. The number of nitrogens with one attached hydrogen (secondary N) is 1. The van der Waals surface area contributed by atoms with E-state index in [9.17, 15) is 5.11 Å². The summed E-state index contributed by atoms with van der Waals surface area (Å²) in [6.07, 6.45) is 3.26. The van der Waals surface area contributed by atoms with E-state index >= 15 is 0 Å². The summed E-state index contributed by atoms with van der Waals surface area (Å²) >= 11 is 3.41. The quantitative estimate of drug-likeness (QED) is 0.874. The summed E-state index contributed by atoms with van der Waals surface area (Å²) in [7, 11) is 0. The number of pyridine rings is 1. The Labute approximate surface area is 105 Å². The van der Waals surface area contributed by atoms with Gasteiger partial charge in [0.2, 0.25) is 0 Å². The van der Waals surface area contributed by atoms with Crippen LogP contribution < -0.4 is 5.32 Å². The van der Waals surface area contributed by atoms with E-state index in [4.69, 9.17) is 0 Å². The zero-order chi connectivity index (χ0) is 12.2. The third-order valence-electron chi connectivity index (χ3n) is 2.96. The first kappa shape index (κ1) is 13.5. The first-order valence-electron chi connectivity index (χ1n) is 5.59. The number of halogens is 1. The second-order valence-corrected chi connectivity index (χ2v) is 4.96. The summed E-state index contributed by atoms with van der Waals surface area (Å²) < 4.78 is 0.999. The summed E-state index contributed by atoms with van der Waals surface area (Å²) in [4.78, 5) is 4.24. The minimum absolute atomic E-state index is 0.536. The van der Waals surface area contributed by atoms with E-state index in [1.165, 1.54) is 0 Å². The highest BCUT2D eigenvalue weighted by atomic mass is 79.9. The third kappa shape index (κ3) is 3.46. The molecule has 1 heterocycles. The van der Waals surface area contributed by atoms with Gasteiger partial charge in [0.15, 0.2) is 0 Å². The molecule has 0 saturated heterocycles. The minimum atomic E-state index is -0.636. The molecule has 1 aromatic heterocycles. The number of hydrogen-bond donors (Lipinski definition) is 2. The van der Waals surface area contributed by atoms with Crippen LogP contribution in [-0.2, 0) is 0 Å². The van der Waals surface area contributed by atoms with E-state index in [0.29, 0.717) is 6.54 Å². The average molecular weight is 287 g/mol. The van der Waals surface area contributed by atoms with Crippen LogP contribution in [0, 0.1) is 6.92 Å². The summed E-state index contributed by atoms with van der Waals surface area (Å²) in [6, 6.07) is 1.97. The molecule has 0 spiro atoms. The summed E-state index contributed by atoms with van der Waals surface area (Å²) in [5.41, 5.74) is 0.497. The van der Waals surface area contributed by atoms with Gasteiger partial charge in [-0.15, -0.1) is 0 Å². The molecule has 0 saturated carbocycles. The molecule has 1 aromatic rings. The lowest BCUT2D eigenvalue weighted by Gasteiger charge is -2.25. The lowest BCUT2D eigenvalue weighted by molar-refractivity contribution is 0.0456. The van der Waals surface area contributed by atoms with Crippen LogP contribution in [0.3, 0.4) is 0 Å². The number of aryl methyl sites for hydroxylation is 1. The molecule has 0 aliphatic carbocycles. The second kappa shape index (κ2) is 5.64. The zero-order valence-electron chi connectivity index (χ0n) is 10.0. The summed E-state index contributed by atoms with van der Waals surface area (Å²) in [5, 5.41) is 13.3. The fourth-order valence-corrected chi connectivity index (χ4v) is 1.61. The highest BCUT2D eigenvalue weighted by Gasteiger charge is 2.21. The van der Waals surface area contributed by atoms with Gasteiger partial charge in [-0.05, 0) is 47.3 Å². The number of hydrogen-bond acceptors (Lipinski definition) is 3. The van der Waals surface area contributed by atoms with Crippen LogP contribution in [0.15, 0.2) is 16.7 Å². The molecule has 3 nitrogen and oxygen atoms in total. The molecule has 0 aromatic carbocycles. The van der Waals surface area contributed by atoms with E-state index in [1.807, 2.05) is 26.8 Å². The van der Waals surface area contributed by atoms with Gasteiger partial charge in [0, 0.05) is 17.2 Å². The van der Waals surface area contributed by atoms with Gasteiger partial charge < -0.3 is 10.4 Å². The van der Waals surface area contributed by atoms with Crippen LogP contribution in [-0.4, -0.2) is 22.2 Å². The maximum Gasteiger partial charge on any atom is 0.126 e. The highest BCUT2D eigenvalue weighted by molar-refractivity contribution is 9.10. The van der Waals surface area contributed by atoms with Gasteiger partial charge in [0.05, 0.1) is 5.60 Å². The maximum absolute atomic E-state index is 10.1. The fourth-order valence-electron chi connectivity index (χ4n) is 1.39. The van der Waals surface area contributed by atoms with Gasteiger partial charge in [-0.1, -0.05) is 13.8 Å². The minimum Gasteiger partial charge on any atom is -0.388 e. The van der Waals surface area contributed by atoms with Crippen LogP contribution in [0.1, 0.15) is 32.3 Å². The van der Waals surface area contributed by atoms with Crippen molar-refractivity contribution in [2.45, 2.75) is 39.2 Å². The SMILES string of the molecule is CCC(O)(CC)CNc1cc(C)c(Br)cn1. The number of rotatable bonds is 5. The van der Waals surface area contributed by atoms with Crippen molar-refractivity contribution >= 4 is 21.7 Å². The van der Waals surface area contributed by atoms with Crippen LogP contribution in [0.5, 0.6) is 0 Å². The Morgan fingerprint density at radius 1 is 1.44 bits per heavy atom. The van der Waals surface area contributed by atoms with Crippen molar-refractivity contribution in [3.63, 3.8) is 0 Å². The molecule has 2 N–H and O–H groups in total. The number of anilines is 1. The normalized spacial score (nSPS) is 11.6. The molecule has 0 aliphatic rings. The van der Waals surface area contributed by atoms with Crippen molar-refractivity contribution in [3.05, 3.63) is 22.3 Å². The molecule has 0 atom stereocenters. The topological polar surface area (TPSA) is 45.1 Å². The maximum atomic E-state index is 10.1. The molecule has 90 valence electrons. The standard InChI is InChI=1S/C12H19BrN2O/c1-4-12(16,5-2)8-15-11-6-9(3)10(13)7-14-11/h6-7,16H,4-5,8H2,1-3H3,(H,14,15). The molecule has 0 aliphatic heterocycles. The van der Waals surface area contributed by atoms with Gasteiger partial charge in [0.1, 0.15) is 5.82 Å². The molecule has 0 unspecified atom stereocenters. The molecule has 0 radical (unpaired) electrons. The third-order valence-corrected chi connectivity index (χ3v) is 3.79. The molecule has 0 bridgehead atoms. The van der Waals surface area contributed by atoms with Gasteiger partial charge >= 0.3 is 0 Å². The van der Waals surface area contributed by atoms with Crippen molar-refractivity contribution in [2.75, 3.05) is 11.9 Å². The Bertz CT molecular complexity index is 351. The van der Waals surface area contributed by atoms with Gasteiger partial charge in [-0.2, -0.15) is 0 Å². The Kier molecular flexibility index (Phi) is 4.74. The van der Waals surface area contributed by atoms with Crippen molar-refractivity contribution in [1.29, 1.82) is 0 Å². The number of aliphatic hydroxyl groups is 1. The van der Waals surface area contributed by atoms with Gasteiger partial charge in [-0.25, -0.2) is 4.98 Å². The molecular weight excluding hydrogens is 268 g/mol. The Morgan fingerprint density at radius 2 is 2.06 bits per heavy atom. The van der Waals surface area contributed by atoms with E-state index in [1.54, 1.807) is 6.20 Å². The highest BCUT2D eigenvalue weighted by Crippen LogP contribution is 2.19. The largest absolute Gasteiger partial charge is 0.388 e. The summed E-state index contributed by atoms with van der Waals surface area (Å²) in [5.74, 6) is 0.807. The van der Waals surface area contributed by atoms with Crippen molar-refractivity contribution < 1.29 is 5.11 Å². The fraction of sp³-hybridized carbons (Fsp3) is 0.583. The number of aromatic nitrogens is 1. The molecule has 4 heteroatoms. The van der Waals surface area contributed by atoms with Crippen molar-refractivity contribution in [2.24, 2.45) is 0 Å². The first-order chi connectivity index (χ1) is 7.50. The van der Waals surface area contributed by atoms with Gasteiger partial charge in [0.25, 0.3) is 0 Å². The summed E-state index contributed by atoms with van der Waals surface area (Å²) in [6.45, 7) is 6.54. The zero-order valence-corrected chi connectivity index (χ0v) is 11.6. The van der Waals surface area contributed by atoms with E-state index < -0.39 is 5.60 Å². The molecule has 0 fully saturated rings. The monoisotopic (exact) mass is 286 g/mol. The van der Waals surface area contributed by atoms with Gasteiger partial charge in [-0.3, -0.25) is 0 Å². The van der Waals surface area contributed by atoms with Crippen molar-refractivity contribution in [3.8, 4) is 0 Å². The van der Waals surface area contributed by atoms with Crippen LogP contribution in [0.4, 0.5) is 5.82 Å². The van der Waals surface area contributed by atoms with Crippen LogP contribution >= 0.6 is 15.9 Å². The van der Waals surface area contributed by atoms with E-state index in [0.717, 1.165) is 28.7 Å². The molecule has 1 rings (SSSR count). The first-order valence-corrected chi connectivity index (χ1v) is 6.38. The smallest absolute Gasteiger partial charge is 0.126 e. The Morgan fingerprint density at radius 3 is 2.56 bits per heavy atom. The molecule has 16 heavy (non-hydrogen) atoms. The lowest BCUT2D eigenvalue weighted by atomic mass is 9.98. The number of nitrogens with zero attached hydrogens (tertiary/aromatic N) is 1. The van der Waals surface area contributed by atoms with Crippen LogP contribution in [0.25, 0.3) is 0 Å². The Balaban J connectivity index is 2.64. The predicted octanol–water partition coefficient (Wildman–Crippen LogP) is 3.12. The van der Waals surface area contributed by atoms with E-state index in [-0.39, 0.29) is 0 Å². The average Bonchev–Trinajstić information content (AvgIpc) is 2.30. The van der Waals surface area contributed by atoms with Crippen LogP contribution in [0.2, 0.25) is 0 Å².